The Morgan fingerprint density at radius 1 is 1.37 bits per heavy atom. The lowest BCUT2D eigenvalue weighted by Gasteiger charge is -2.08. The van der Waals surface area contributed by atoms with E-state index < -0.39 is 0 Å². The van der Waals surface area contributed by atoms with E-state index in [1.165, 1.54) is 6.20 Å². The molecule has 0 spiro atoms. The first-order valence-corrected chi connectivity index (χ1v) is 6.34. The van der Waals surface area contributed by atoms with Gasteiger partial charge in [-0.1, -0.05) is 32.7 Å². The predicted octanol–water partition coefficient (Wildman–Crippen LogP) is 3.38. The molecule has 0 fully saturated rings. The highest BCUT2D eigenvalue weighted by atomic mass is 79.9. The zero-order valence-electron chi connectivity index (χ0n) is 9.55. The molecule has 0 aliphatic heterocycles. The molecule has 7 heteroatoms. The number of ether oxygens (including phenoxy) is 1. The Balaban J connectivity index is 2.28. The number of pyridine rings is 1. The highest BCUT2D eigenvalue weighted by molar-refractivity contribution is 9.10. The minimum atomic E-state index is -0.0904. The molecule has 3 N–H and O–H groups in total. The number of nitrogens with zero attached hydrogens (tertiary/aromatic N) is 2. The zero-order chi connectivity index (χ0) is 13.8. The molecular formula is C12H9BrClN3O2. The largest absolute Gasteiger partial charge is 0.456 e. The van der Waals surface area contributed by atoms with Gasteiger partial charge in [-0.2, -0.15) is 0 Å². The summed E-state index contributed by atoms with van der Waals surface area (Å²) in [6.45, 7) is 0. The van der Waals surface area contributed by atoms with Crippen molar-refractivity contribution in [2.24, 2.45) is 10.9 Å². The van der Waals surface area contributed by atoms with Crippen LogP contribution in [0.3, 0.4) is 0 Å². The van der Waals surface area contributed by atoms with E-state index in [0.717, 1.165) is 4.47 Å². The molecule has 0 aliphatic rings. The second-order valence-electron chi connectivity index (χ2n) is 3.54. The molecule has 2 aromatic rings. The van der Waals surface area contributed by atoms with E-state index >= 15 is 0 Å². The third kappa shape index (κ3) is 3.36. The van der Waals surface area contributed by atoms with Crippen LogP contribution in [0.2, 0.25) is 5.02 Å². The van der Waals surface area contributed by atoms with Crippen LogP contribution >= 0.6 is 27.5 Å². The average molecular weight is 343 g/mol. The van der Waals surface area contributed by atoms with Gasteiger partial charge in [-0.3, -0.25) is 4.98 Å². The number of halogens is 2. The normalized spacial score (nSPS) is 11.4. The quantitative estimate of drug-likeness (QED) is 0.388. The Hall–Kier alpha value is -1.79. The van der Waals surface area contributed by atoms with Crippen molar-refractivity contribution < 1.29 is 9.94 Å². The Labute approximate surface area is 122 Å². The first-order valence-electron chi connectivity index (χ1n) is 5.17. The number of oxime groups is 1. The topological polar surface area (TPSA) is 80.7 Å². The van der Waals surface area contributed by atoms with Crippen LogP contribution in [-0.4, -0.2) is 16.0 Å². The van der Waals surface area contributed by atoms with Crippen LogP contribution in [0.5, 0.6) is 11.5 Å². The molecule has 0 radical (unpaired) electrons. The van der Waals surface area contributed by atoms with Gasteiger partial charge in [0.15, 0.2) is 5.84 Å². The fourth-order valence-electron chi connectivity index (χ4n) is 1.35. The lowest BCUT2D eigenvalue weighted by atomic mass is 10.3. The van der Waals surface area contributed by atoms with Crippen LogP contribution in [0.4, 0.5) is 0 Å². The average Bonchev–Trinajstić information content (AvgIpc) is 2.41. The lowest BCUT2D eigenvalue weighted by molar-refractivity contribution is 0.318. The second-order valence-corrected chi connectivity index (χ2v) is 4.86. The number of amidine groups is 1. The Morgan fingerprint density at radius 2 is 2.16 bits per heavy atom. The highest BCUT2D eigenvalue weighted by Gasteiger charge is 2.07. The number of rotatable bonds is 3. The molecule has 1 aromatic heterocycles. The fourth-order valence-corrected chi connectivity index (χ4v) is 2.06. The summed E-state index contributed by atoms with van der Waals surface area (Å²) >= 11 is 9.36. The van der Waals surface area contributed by atoms with Gasteiger partial charge in [0.2, 0.25) is 0 Å². The third-order valence-electron chi connectivity index (χ3n) is 2.22. The molecule has 19 heavy (non-hydrogen) atoms. The molecule has 0 amide bonds. The Morgan fingerprint density at radius 3 is 2.84 bits per heavy atom. The van der Waals surface area contributed by atoms with E-state index in [-0.39, 0.29) is 5.84 Å². The van der Waals surface area contributed by atoms with Crippen LogP contribution in [0, 0.1) is 0 Å². The molecule has 0 atom stereocenters. The fraction of sp³-hybridized carbons (Fsp3) is 0. The smallest absolute Gasteiger partial charge is 0.188 e. The monoisotopic (exact) mass is 341 g/mol. The van der Waals surface area contributed by atoms with Gasteiger partial charge in [0.1, 0.15) is 17.2 Å². The summed E-state index contributed by atoms with van der Waals surface area (Å²) < 4.78 is 6.47. The van der Waals surface area contributed by atoms with Crippen LogP contribution < -0.4 is 10.5 Å². The van der Waals surface area contributed by atoms with Gasteiger partial charge < -0.3 is 15.7 Å². The van der Waals surface area contributed by atoms with Gasteiger partial charge in [-0.05, 0) is 24.3 Å². The van der Waals surface area contributed by atoms with Crippen molar-refractivity contribution in [2.45, 2.75) is 0 Å². The SMILES string of the molecule is NC(=NO)c1cc(Oc2ccc(Br)cc2Cl)ccn1. The minimum Gasteiger partial charge on any atom is -0.456 e. The summed E-state index contributed by atoms with van der Waals surface area (Å²) in [7, 11) is 0. The van der Waals surface area contributed by atoms with Gasteiger partial charge in [0.25, 0.3) is 0 Å². The zero-order valence-corrected chi connectivity index (χ0v) is 11.9. The number of hydrogen-bond donors (Lipinski definition) is 2. The Kier molecular flexibility index (Phi) is 4.24. The van der Waals surface area contributed by atoms with E-state index in [0.29, 0.717) is 22.2 Å². The van der Waals surface area contributed by atoms with Crippen LogP contribution in [-0.2, 0) is 0 Å². The number of nitrogens with two attached hydrogens (primary N) is 1. The maximum absolute atomic E-state index is 8.60. The van der Waals surface area contributed by atoms with Gasteiger partial charge >= 0.3 is 0 Å². The Bertz CT molecular complexity index is 634. The van der Waals surface area contributed by atoms with Gasteiger partial charge in [0, 0.05) is 16.7 Å². The van der Waals surface area contributed by atoms with Crippen molar-refractivity contribution in [3.05, 3.63) is 51.7 Å². The molecule has 0 saturated carbocycles. The summed E-state index contributed by atoms with van der Waals surface area (Å²) in [4.78, 5) is 3.95. The molecule has 0 bridgehead atoms. The van der Waals surface area contributed by atoms with Crippen molar-refractivity contribution in [3.63, 3.8) is 0 Å². The number of hydrogen-bond acceptors (Lipinski definition) is 4. The second kappa shape index (κ2) is 5.90. The maximum atomic E-state index is 8.60. The van der Waals surface area contributed by atoms with Crippen LogP contribution in [0.1, 0.15) is 5.69 Å². The summed E-state index contributed by atoms with van der Waals surface area (Å²) in [5, 5.41) is 11.9. The summed E-state index contributed by atoms with van der Waals surface area (Å²) in [5.41, 5.74) is 5.77. The van der Waals surface area contributed by atoms with Gasteiger partial charge in [-0.25, -0.2) is 0 Å². The maximum Gasteiger partial charge on any atom is 0.188 e. The molecule has 2 rings (SSSR count). The van der Waals surface area contributed by atoms with E-state index in [9.17, 15) is 0 Å². The summed E-state index contributed by atoms with van der Waals surface area (Å²) in [6.07, 6.45) is 1.50. The third-order valence-corrected chi connectivity index (χ3v) is 3.01. The lowest BCUT2D eigenvalue weighted by Crippen LogP contribution is -2.14. The number of aromatic nitrogens is 1. The summed E-state index contributed by atoms with van der Waals surface area (Å²) in [6, 6.07) is 8.46. The van der Waals surface area contributed by atoms with Crippen molar-refractivity contribution in [2.75, 3.05) is 0 Å². The van der Waals surface area contributed by atoms with E-state index in [1.54, 1.807) is 24.3 Å². The predicted molar refractivity (Wildman–Crippen MR) is 76.0 cm³/mol. The van der Waals surface area contributed by atoms with Crippen molar-refractivity contribution in [1.82, 2.24) is 4.98 Å². The van der Waals surface area contributed by atoms with Gasteiger partial charge in [-0.15, -0.1) is 0 Å². The molecule has 98 valence electrons. The first-order chi connectivity index (χ1) is 9.10. The van der Waals surface area contributed by atoms with Crippen LogP contribution in [0.25, 0.3) is 0 Å². The van der Waals surface area contributed by atoms with E-state index in [4.69, 9.17) is 27.3 Å². The summed E-state index contributed by atoms with van der Waals surface area (Å²) in [5.74, 6) is 0.898. The molecule has 1 heterocycles. The first kappa shape index (κ1) is 13.6. The minimum absolute atomic E-state index is 0.0904. The number of benzene rings is 1. The van der Waals surface area contributed by atoms with Crippen molar-refractivity contribution >= 4 is 33.4 Å². The molecule has 0 unspecified atom stereocenters. The van der Waals surface area contributed by atoms with E-state index in [2.05, 4.69) is 26.1 Å². The molecule has 5 nitrogen and oxygen atoms in total. The van der Waals surface area contributed by atoms with E-state index in [1.807, 2.05) is 6.07 Å². The van der Waals surface area contributed by atoms with Crippen LogP contribution in [0.15, 0.2) is 46.2 Å². The highest BCUT2D eigenvalue weighted by Crippen LogP contribution is 2.31. The van der Waals surface area contributed by atoms with Crippen molar-refractivity contribution in [1.29, 1.82) is 0 Å². The van der Waals surface area contributed by atoms with Crippen molar-refractivity contribution in [3.8, 4) is 11.5 Å². The standard InChI is InChI=1S/C12H9BrClN3O2/c13-7-1-2-11(9(14)5-7)19-8-3-4-16-10(6-8)12(15)17-18/h1-6,18H,(H2,15,17). The molecule has 1 aromatic carbocycles. The molecule has 0 aliphatic carbocycles. The molecular weight excluding hydrogens is 334 g/mol. The molecule has 0 saturated heterocycles. The van der Waals surface area contributed by atoms with Gasteiger partial charge in [0.05, 0.1) is 5.02 Å².